The molecule has 1 heterocycles. The standard InChI is InChI=1S/C16H14BrN3O/c1-11-7-8-13(14(17)9-11)16(21)15-10-18-19-20(15)12-5-3-2-4-6-12/h2-10,16,21H,1H3. The second-order valence-corrected chi connectivity index (χ2v) is 5.69. The first-order valence-electron chi connectivity index (χ1n) is 6.57. The van der Waals surface area contributed by atoms with Crippen LogP contribution in [-0.2, 0) is 0 Å². The van der Waals surface area contributed by atoms with Crippen LogP contribution in [0.15, 0.2) is 59.2 Å². The number of hydrogen-bond donors (Lipinski definition) is 1. The SMILES string of the molecule is Cc1ccc(C(O)c2cnnn2-c2ccccc2)c(Br)c1. The van der Waals surface area contributed by atoms with Crippen molar-refractivity contribution in [3.8, 4) is 5.69 Å². The molecule has 4 nitrogen and oxygen atoms in total. The van der Waals surface area contributed by atoms with Gasteiger partial charge in [0.15, 0.2) is 0 Å². The Kier molecular flexibility index (Phi) is 3.86. The van der Waals surface area contributed by atoms with E-state index in [1.165, 1.54) is 0 Å². The molecule has 0 radical (unpaired) electrons. The molecule has 5 heteroatoms. The number of aliphatic hydroxyl groups is 1. The summed E-state index contributed by atoms with van der Waals surface area (Å²) in [4.78, 5) is 0. The Hall–Kier alpha value is -1.98. The summed E-state index contributed by atoms with van der Waals surface area (Å²) in [6, 6.07) is 15.5. The van der Waals surface area contributed by atoms with Crippen LogP contribution in [0.4, 0.5) is 0 Å². The van der Waals surface area contributed by atoms with Gasteiger partial charge >= 0.3 is 0 Å². The zero-order chi connectivity index (χ0) is 14.8. The van der Waals surface area contributed by atoms with Crippen LogP contribution in [0.1, 0.15) is 22.9 Å². The molecule has 1 aromatic heterocycles. The van der Waals surface area contributed by atoms with E-state index in [2.05, 4.69) is 26.2 Å². The first kappa shape index (κ1) is 14.0. The third-order valence-electron chi connectivity index (χ3n) is 3.31. The van der Waals surface area contributed by atoms with Gasteiger partial charge < -0.3 is 5.11 Å². The minimum Gasteiger partial charge on any atom is -0.382 e. The van der Waals surface area contributed by atoms with Gasteiger partial charge in [0.2, 0.25) is 0 Å². The summed E-state index contributed by atoms with van der Waals surface area (Å²) in [6.45, 7) is 2.01. The summed E-state index contributed by atoms with van der Waals surface area (Å²) in [6.07, 6.45) is 0.791. The van der Waals surface area contributed by atoms with Crippen LogP contribution < -0.4 is 0 Å². The number of aryl methyl sites for hydroxylation is 1. The zero-order valence-corrected chi connectivity index (χ0v) is 13.0. The molecule has 21 heavy (non-hydrogen) atoms. The average molecular weight is 344 g/mol. The van der Waals surface area contributed by atoms with E-state index in [9.17, 15) is 5.11 Å². The largest absolute Gasteiger partial charge is 0.382 e. The first-order chi connectivity index (χ1) is 10.2. The van der Waals surface area contributed by atoms with E-state index >= 15 is 0 Å². The van der Waals surface area contributed by atoms with Crippen LogP contribution >= 0.6 is 15.9 Å². The Bertz CT molecular complexity index is 755. The van der Waals surface area contributed by atoms with Gasteiger partial charge in [-0.05, 0) is 30.7 Å². The quantitative estimate of drug-likeness (QED) is 0.792. The molecule has 0 fully saturated rings. The van der Waals surface area contributed by atoms with Crippen molar-refractivity contribution in [3.05, 3.63) is 76.0 Å². The number of benzene rings is 2. The van der Waals surface area contributed by atoms with Crippen molar-refractivity contribution < 1.29 is 5.11 Å². The zero-order valence-electron chi connectivity index (χ0n) is 11.4. The number of rotatable bonds is 3. The molecule has 0 saturated heterocycles. The van der Waals surface area contributed by atoms with Crippen LogP contribution in [0.5, 0.6) is 0 Å². The van der Waals surface area contributed by atoms with Crippen molar-refractivity contribution in [2.75, 3.05) is 0 Å². The molecule has 0 bridgehead atoms. The fraction of sp³-hybridized carbons (Fsp3) is 0.125. The molecule has 1 N–H and O–H groups in total. The fourth-order valence-corrected chi connectivity index (χ4v) is 2.92. The highest BCUT2D eigenvalue weighted by Crippen LogP contribution is 2.29. The summed E-state index contributed by atoms with van der Waals surface area (Å²) in [7, 11) is 0. The van der Waals surface area contributed by atoms with Crippen LogP contribution in [0.3, 0.4) is 0 Å². The van der Waals surface area contributed by atoms with Gasteiger partial charge in [-0.15, -0.1) is 5.10 Å². The van der Waals surface area contributed by atoms with Crippen molar-refractivity contribution in [2.24, 2.45) is 0 Å². The number of aliphatic hydroxyl groups excluding tert-OH is 1. The molecule has 1 atom stereocenters. The maximum Gasteiger partial charge on any atom is 0.124 e. The maximum atomic E-state index is 10.7. The molecule has 0 aliphatic rings. The van der Waals surface area contributed by atoms with Crippen molar-refractivity contribution in [3.63, 3.8) is 0 Å². The lowest BCUT2D eigenvalue weighted by atomic mass is 10.1. The number of para-hydroxylation sites is 1. The van der Waals surface area contributed by atoms with Gasteiger partial charge in [-0.25, -0.2) is 4.68 Å². The number of nitrogens with zero attached hydrogens (tertiary/aromatic N) is 3. The normalized spacial score (nSPS) is 12.3. The molecule has 3 rings (SSSR count). The van der Waals surface area contributed by atoms with Crippen molar-refractivity contribution in [1.29, 1.82) is 0 Å². The second kappa shape index (κ2) is 5.79. The van der Waals surface area contributed by atoms with Crippen LogP contribution in [0, 0.1) is 6.92 Å². The lowest BCUT2D eigenvalue weighted by molar-refractivity contribution is 0.211. The molecular formula is C16H14BrN3O. The number of halogens is 1. The lowest BCUT2D eigenvalue weighted by Crippen LogP contribution is -2.09. The van der Waals surface area contributed by atoms with E-state index in [-0.39, 0.29) is 0 Å². The van der Waals surface area contributed by atoms with Gasteiger partial charge in [-0.2, -0.15) is 0 Å². The van der Waals surface area contributed by atoms with Gasteiger partial charge in [-0.3, -0.25) is 0 Å². The highest BCUT2D eigenvalue weighted by atomic mass is 79.9. The van der Waals surface area contributed by atoms with Crippen molar-refractivity contribution in [2.45, 2.75) is 13.0 Å². The van der Waals surface area contributed by atoms with Gasteiger partial charge in [0, 0.05) is 10.0 Å². The summed E-state index contributed by atoms with van der Waals surface area (Å²) < 4.78 is 2.52. The molecule has 0 spiro atoms. The van der Waals surface area contributed by atoms with Crippen molar-refractivity contribution in [1.82, 2.24) is 15.0 Å². The summed E-state index contributed by atoms with van der Waals surface area (Å²) in [5.74, 6) is 0. The Morgan fingerprint density at radius 2 is 1.90 bits per heavy atom. The van der Waals surface area contributed by atoms with E-state index in [0.717, 1.165) is 21.3 Å². The number of hydrogen-bond acceptors (Lipinski definition) is 3. The third-order valence-corrected chi connectivity index (χ3v) is 3.99. The smallest absolute Gasteiger partial charge is 0.124 e. The molecular weight excluding hydrogens is 330 g/mol. The summed E-state index contributed by atoms with van der Waals surface area (Å²) in [5, 5.41) is 18.7. The summed E-state index contributed by atoms with van der Waals surface area (Å²) >= 11 is 3.50. The predicted octanol–water partition coefficient (Wildman–Crippen LogP) is 3.42. The van der Waals surface area contributed by atoms with Gasteiger partial charge in [0.25, 0.3) is 0 Å². The van der Waals surface area contributed by atoms with E-state index in [4.69, 9.17) is 0 Å². The molecule has 2 aromatic carbocycles. The van der Waals surface area contributed by atoms with Gasteiger partial charge in [0.1, 0.15) is 6.10 Å². The van der Waals surface area contributed by atoms with E-state index < -0.39 is 6.10 Å². The van der Waals surface area contributed by atoms with E-state index in [0.29, 0.717) is 5.69 Å². The number of aromatic nitrogens is 3. The highest BCUT2D eigenvalue weighted by molar-refractivity contribution is 9.10. The van der Waals surface area contributed by atoms with Crippen molar-refractivity contribution >= 4 is 15.9 Å². The molecule has 0 aliphatic carbocycles. The van der Waals surface area contributed by atoms with Gasteiger partial charge in [0.05, 0.1) is 17.6 Å². The average Bonchev–Trinajstić information content (AvgIpc) is 2.97. The minimum absolute atomic E-state index is 0.630. The first-order valence-corrected chi connectivity index (χ1v) is 7.36. The molecule has 0 aliphatic heterocycles. The van der Waals surface area contributed by atoms with E-state index in [1.54, 1.807) is 10.9 Å². The Labute approximate surface area is 131 Å². The second-order valence-electron chi connectivity index (χ2n) is 4.83. The van der Waals surface area contributed by atoms with Crippen LogP contribution in [0.2, 0.25) is 0 Å². The third kappa shape index (κ3) is 2.75. The fourth-order valence-electron chi connectivity index (χ4n) is 2.21. The topological polar surface area (TPSA) is 50.9 Å². The summed E-state index contributed by atoms with van der Waals surface area (Å²) in [5.41, 5.74) is 3.42. The molecule has 1 unspecified atom stereocenters. The lowest BCUT2D eigenvalue weighted by Gasteiger charge is -2.14. The maximum absolute atomic E-state index is 10.7. The van der Waals surface area contributed by atoms with Crippen LogP contribution in [-0.4, -0.2) is 20.1 Å². The molecule has 0 amide bonds. The molecule has 0 saturated carbocycles. The Morgan fingerprint density at radius 1 is 1.14 bits per heavy atom. The van der Waals surface area contributed by atoms with Gasteiger partial charge in [-0.1, -0.05) is 51.5 Å². The minimum atomic E-state index is -0.796. The van der Waals surface area contributed by atoms with E-state index in [1.807, 2.05) is 55.5 Å². The highest BCUT2D eigenvalue weighted by Gasteiger charge is 2.19. The molecule has 3 aromatic rings. The van der Waals surface area contributed by atoms with Crippen LogP contribution in [0.25, 0.3) is 5.69 Å². The monoisotopic (exact) mass is 343 g/mol. The Morgan fingerprint density at radius 3 is 2.62 bits per heavy atom. The predicted molar refractivity (Wildman–Crippen MR) is 84.3 cm³/mol. The Balaban J connectivity index is 2.03. The molecule has 106 valence electrons.